The van der Waals surface area contributed by atoms with Crippen LogP contribution in [0.2, 0.25) is 0 Å². The van der Waals surface area contributed by atoms with Gasteiger partial charge in [-0.05, 0) is 72.9 Å². The monoisotopic (exact) mass is 450 g/mol. The predicted molar refractivity (Wildman–Crippen MR) is 130 cm³/mol. The number of benzene rings is 3. The van der Waals surface area contributed by atoms with Crippen LogP contribution in [0.5, 0.6) is 17.2 Å². The fourth-order valence-corrected chi connectivity index (χ4v) is 4.11. The molecule has 3 aromatic rings. The standard InChI is InChI=1S/C27H30O4S/c1-2-7-22-20-24(31-23-8-4-3-5-9-23)13-16-26(22)30-18-6-19-32-25-14-10-21(11-15-25)12-17-27(28)29/h3-5,8-11,13-16,20H,2,6-7,12,17-19H2,1H3,(H,28,29). The molecule has 0 amide bonds. The van der Waals surface area contributed by atoms with E-state index in [-0.39, 0.29) is 6.42 Å². The lowest BCUT2D eigenvalue weighted by Crippen LogP contribution is -2.02. The lowest BCUT2D eigenvalue weighted by atomic mass is 10.1. The number of thioether (sulfide) groups is 1. The third-order valence-corrected chi connectivity index (χ3v) is 5.99. The molecule has 0 radical (unpaired) electrons. The molecule has 3 aromatic carbocycles. The van der Waals surface area contributed by atoms with Gasteiger partial charge in [0.05, 0.1) is 6.61 Å². The predicted octanol–water partition coefficient (Wildman–Crippen LogP) is 7.01. The number of ether oxygens (including phenoxy) is 2. The highest BCUT2D eigenvalue weighted by molar-refractivity contribution is 7.99. The molecule has 0 unspecified atom stereocenters. The van der Waals surface area contributed by atoms with Crippen LogP contribution in [0.3, 0.4) is 0 Å². The first kappa shape index (κ1) is 23.7. The van der Waals surface area contributed by atoms with E-state index in [0.717, 1.165) is 47.8 Å². The molecule has 4 nitrogen and oxygen atoms in total. The second-order valence-electron chi connectivity index (χ2n) is 7.52. The number of aryl methyl sites for hydroxylation is 2. The summed E-state index contributed by atoms with van der Waals surface area (Å²) in [6, 6.07) is 24.0. The fourth-order valence-electron chi connectivity index (χ4n) is 3.28. The maximum Gasteiger partial charge on any atom is 0.303 e. The average molecular weight is 451 g/mol. The van der Waals surface area contributed by atoms with Gasteiger partial charge in [0.15, 0.2) is 0 Å². The lowest BCUT2D eigenvalue weighted by Gasteiger charge is -2.13. The first-order chi connectivity index (χ1) is 15.6. The van der Waals surface area contributed by atoms with Crippen LogP contribution in [0, 0.1) is 0 Å². The Morgan fingerprint density at radius 1 is 0.938 bits per heavy atom. The van der Waals surface area contributed by atoms with E-state index in [1.54, 1.807) is 11.8 Å². The van der Waals surface area contributed by atoms with Crippen LogP contribution in [0.1, 0.15) is 37.3 Å². The van der Waals surface area contributed by atoms with Gasteiger partial charge < -0.3 is 14.6 Å². The molecule has 0 aliphatic rings. The first-order valence-electron chi connectivity index (χ1n) is 11.1. The van der Waals surface area contributed by atoms with Crippen LogP contribution in [-0.2, 0) is 17.6 Å². The van der Waals surface area contributed by atoms with E-state index in [0.29, 0.717) is 13.0 Å². The Morgan fingerprint density at radius 2 is 1.72 bits per heavy atom. The van der Waals surface area contributed by atoms with Crippen LogP contribution in [0.25, 0.3) is 0 Å². The van der Waals surface area contributed by atoms with Crippen molar-refractivity contribution in [3.8, 4) is 17.2 Å². The Balaban J connectivity index is 1.45. The molecule has 0 aliphatic carbocycles. The second kappa shape index (κ2) is 12.8. The largest absolute Gasteiger partial charge is 0.493 e. The number of para-hydroxylation sites is 1. The molecule has 168 valence electrons. The summed E-state index contributed by atoms with van der Waals surface area (Å²) in [6.45, 7) is 2.83. The zero-order chi connectivity index (χ0) is 22.6. The van der Waals surface area contributed by atoms with Crippen LogP contribution in [0.4, 0.5) is 0 Å². The van der Waals surface area contributed by atoms with Crippen LogP contribution < -0.4 is 9.47 Å². The number of carbonyl (C=O) groups is 1. The van der Waals surface area contributed by atoms with Crippen molar-refractivity contribution >= 4 is 17.7 Å². The molecule has 0 aliphatic heterocycles. The summed E-state index contributed by atoms with van der Waals surface area (Å²) in [5, 5.41) is 8.78. The van der Waals surface area contributed by atoms with Gasteiger partial charge in [-0.3, -0.25) is 4.79 Å². The summed E-state index contributed by atoms with van der Waals surface area (Å²) in [5.74, 6) is 2.79. The maximum absolute atomic E-state index is 10.7. The molecular weight excluding hydrogens is 420 g/mol. The van der Waals surface area contributed by atoms with E-state index in [4.69, 9.17) is 14.6 Å². The molecule has 0 bridgehead atoms. The Labute approximate surface area is 194 Å². The summed E-state index contributed by atoms with van der Waals surface area (Å²) in [7, 11) is 0. The van der Waals surface area contributed by atoms with Crippen molar-refractivity contribution < 1.29 is 19.4 Å². The Hall–Kier alpha value is -2.92. The maximum atomic E-state index is 10.7. The van der Waals surface area contributed by atoms with Crippen molar-refractivity contribution in [2.24, 2.45) is 0 Å². The van der Waals surface area contributed by atoms with Gasteiger partial charge in [-0.15, -0.1) is 11.8 Å². The third-order valence-electron chi connectivity index (χ3n) is 4.90. The lowest BCUT2D eigenvalue weighted by molar-refractivity contribution is -0.136. The number of hydrogen-bond acceptors (Lipinski definition) is 4. The van der Waals surface area contributed by atoms with Crippen molar-refractivity contribution in [1.82, 2.24) is 0 Å². The molecule has 32 heavy (non-hydrogen) atoms. The van der Waals surface area contributed by atoms with Gasteiger partial charge in [-0.2, -0.15) is 0 Å². The van der Waals surface area contributed by atoms with Gasteiger partial charge in [0.1, 0.15) is 17.2 Å². The van der Waals surface area contributed by atoms with Gasteiger partial charge in [0, 0.05) is 17.1 Å². The highest BCUT2D eigenvalue weighted by Crippen LogP contribution is 2.29. The minimum Gasteiger partial charge on any atom is -0.493 e. The third kappa shape index (κ3) is 7.97. The summed E-state index contributed by atoms with van der Waals surface area (Å²) >= 11 is 1.79. The Kier molecular flexibility index (Phi) is 9.51. The molecule has 0 atom stereocenters. The van der Waals surface area contributed by atoms with Gasteiger partial charge >= 0.3 is 5.97 Å². The summed E-state index contributed by atoms with van der Waals surface area (Å²) in [5.41, 5.74) is 2.23. The summed E-state index contributed by atoms with van der Waals surface area (Å²) in [6.07, 6.45) is 3.68. The van der Waals surface area contributed by atoms with E-state index >= 15 is 0 Å². The summed E-state index contributed by atoms with van der Waals surface area (Å²) in [4.78, 5) is 11.9. The number of rotatable bonds is 13. The molecule has 0 heterocycles. The molecule has 0 spiro atoms. The van der Waals surface area contributed by atoms with E-state index in [1.807, 2.05) is 54.6 Å². The number of aliphatic carboxylic acids is 1. The van der Waals surface area contributed by atoms with Crippen LogP contribution in [-0.4, -0.2) is 23.4 Å². The van der Waals surface area contributed by atoms with E-state index in [9.17, 15) is 4.79 Å². The van der Waals surface area contributed by atoms with Crippen molar-refractivity contribution in [3.63, 3.8) is 0 Å². The number of hydrogen-bond donors (Lipinski definition) is 1. The minimum absolute atomic E-state index is 0.170. The zero-order valence-electron chi connectivity index (χ0n) is 18.5. The Morgan fingerprint density at radius 3 is 2.44 bits per heavy atom. The van der Waals surface area contributed by atoms with Crippen molar-refractivity contribution in [1.29, 1.82) is 0 Å². The zero-order valence-corrected chi connectivity index (χ0v) is 19.3. The highest BCUT2D eigenvalue weighted by Gasteiger charge is 2.07. The fraction of sp³-hybridized carbons (Fsp3) is 0.296. The SMILES string of the molecule is CCCc1cc(Oc2ccccc2)ccc1OCCCSc1ccc(CCC(=O)O)cc1. The molecule has 5 heteroatoms. The van der Waals surface area contributed by atoms with Crippen molar-refractivity contribution in [2.75, 3.05) is 12.4 Å². The molecular formula is C27H30O4S. The molecule has 0 aromatic heterocycles. The molecule has 0 saturated heterocycles. The second-order valence-corrected chi connectivity index (χ2v) is 8.69. The summed E-state index contributed by atoms with van der Waals surface area (Å²) < 4.78 is 12.0. The molecule has 1 N–H and O–H groups in total. The van der Waals surface area contributed by atoms with E-state index in [2.05, 4.69) is 25.1 Å². The molecule has 0 saturated carbocycles. The topological polar surface area (TPSA) is 55.8 Å². The number of carboxylic acid groups (broad SMARTS) is 1. The smallest absolute Gasteiger partial charge is 0.303 e. The Bertz CT molecular complexity index is 971. The van der Waals surface area contributed by atoms with Crippen LogP contribution in [0.15, 0.2) is 77.7 Å². The van der Waals surface area contributed by atoms with Crippen molar-refractivity contribution in [3.05, 3.63) is 83.9 Å². The van der Waals surface area contributed by atoms with E-state index in [1.165, 1.54) is 10.5 Å². The van der Waals surface area contributed by atoms with Crippen LogP contribution >= 0.6 is 11.8 Å². The highest BCUT2D eigenvalue weighted by atomic mass is 32.2. The van der Waals surface area contributed by atoms with Gasteiger partial charge in [0.2, 0.25) is 0 Å². The average Bonchev–Trinajstić information content (AvgIpc) is 2.80. The molecule has 3 rings (SSSR count). The molecule has 0 fully saturated rings. The van der Waals surface area contributed by atoms with Crippen molar-refractivity contribution in [2.45, 2.75) is 43.9 Å². The van der Waals surface area contributed by atoms with Gasteiger partial charge in [-0.25, -0.2) is 0 Å². The normalized spacial score (nSPS) is 10.7. The van der Waals surface area contributed by atoms with Gasteiger partial charge in [-0.1, -0.05) is 43.7 Å². The van der Waals surface area contributed by atoms with Gasteiger partial charge in [0.25, 0.3) is 0 Å². The quantitative estimate of drug-likeness (QED) is 0.224. The van der Waals surface area contributed by atoms with E-state index < -0.39 is 5.97 Å². The first-order valence-corrected chi connectivity index (χ1v) is 12.0. The number of carboxylic acids is 1. The minimum atomic E-state index is -0.760.